The van der Waals surface area contributed by atoms with E-state index in [-0.39, 0.29) is 48.1 Å². The van der Waals surface area contributed by atoms with E-state index < -0.39 is 11.6 Å². The number of benzene rings is 1. The first kappa shape index (κ1) is 28.2. The molecule has 1 unspecified atom stereocenters. The summed E-state index contributed by atoms with van der Waals surface area (Å²) in [5.74, 6) is -0.0863. The summed E-state index contributed by atoms with van der Waals surface area (Å²) in [5.41, 5.74) is 14.1. The van der Waals surface area contributed by atoms with Crippen LogP contribution in [0.15, 0.2) is 35.9 Å². The van der Waals surface area contributed by atoms with E-state index >= 15 is 0 Å². The number of nitrogens with zero attached hydrogens (tertiary/aromatic N) is 1. The lowest BCUT2D eigenvalue weighted by Gasteiger charge is -2.48. The average Bonchev–Trinajstić information content (AvgIpc) is 3.26. The van der Waals surface area contributed by atoms with Crippen molar-refractivity contribution in [3.05, 3.63) is 47.0 Å². The van der Waals surface area contributed by atoms with Crippen LogP contribution >= 0.6 is 12.4 Å². The van der Waals surface area contributed by atoms with Gasteiger partial charge in [-0.3, -0.25) is 15.0 Å². The molecule has 9 heteroatoms. The third kappa shape index (κ3) is 5.61. The molecule has 0 saturated carbocycles. The summed E-state index contributed by atoms with van der Waals surface area (Å²) < 4.78 is 5.91. The Morgan fingerprint density at radius 3 is 2.58 bits per heavy atom. The fraction of sp³-hybridized carbons (Fsp3) is 0.593. The molecule has 0 bridgehead atoms. The van der Waals surface area contributed by atoms with Gasteiger partial charge in [0, 0.05) is 25.6 Å². The molecule has 2 fully saturated rings. The molecule has 1 aliphatic carbocycles. The molecule has 36 heavy (non-hydrogen) atoms. The van der Waals surface area contributed by atoms with E-state index in [1.165, 1.54) is 12.0 Å². The lowest BCUT2D eigenvalue weighted by molar-refractivity contribution is -0.157. The van der Waals surface area contributed by atoms with Crippen molar-refractivity contribution in [2.24, 2.45) is 17.4 Å². The van der Waals surface area contributed by atoms with Crippen LogP contribution in [0.25, 0.3) is 0 Å². The standard InChI is InChI=1S/C27H39N5O3.ClH/c1-3-19-13-21(25(33)31-16-18-9-11-20(12-10-18)24(28)29)32-23(19)22(35-2)15-27(30,26(32)34)14-17-7-5-4-6-8-17;/h7,9-12,19,21-23H,3-6,8,13-16,30H2,1-2H3,(H3,28,29)(H,31,33);1H/t19-,21?,22+,23+,27+;/m1./s1. The number of amidine groups is 1. The molecule has 2 saturated heterocycles. The largest absolute Gasteiger partial charge is 0.384 e. The average molecular weight is 518 g/mol. The predicted molar refractivity (Wildman–Crippen MR) is 143 cm³/mol. The highest BCUT2D eigenvalue weighted by Gasteiger charge is 2.58. The zero-order valence-electron chi connectivity index (χ0n) is 21.3. The fourth-order valence-corrected chi connectivity index (χ4v) is 6.15. The molecule has 2 amide bonds. The van der Waals surface area contributed by atoms with Crippen molar-refractivity contribution in [3.8, 4) is 0 Å². The molecule has 2 aliphatic heterocycles. The van der Waals surface area contributed by atoms with Gasteiger partial charge in [0.25, 0.3) is 0 Å². The van der Waals surface area contributed by atoms with Gasteiger partial charge in [-0.2, -0.15) is 0 Å². The summed E-state index contributed by atoms with van der Waals surface area (Å²) in [6.07, 6.45) is 8.87. The summed E-state index contributed by atoms with van der Waals surface area (Å²) in [5, 5.41) is 10.5. The molecule has 4 rings (SSSR count). The van der Waals surface area contributed by atoms with Gasteiger partial charge in [-0.15, -0.1) is 12.4 Å². The number of halogens is 1. The minimum Gasteiger partial charge on any atom is -0.384 e. The summed E-state index contributed by atoms with van der Waals surface area (Å²) in [6, 6.07) is 6.53. The van der Waals surface area contributed by atoms with Gasteiger partial charge < -0.3 is 26.4 Å². The maximum absolute atomic E-state index is 13.9. The number of allylic oxidation sites excluding steroid dienone is 1. The summed E-state index contributed by atoms with van der Waals surface area (Å²) in [4.78, 5) is 29.1. The Hall–Kier alpha value is -2.42. The number of fused-ring (bicyclic) bond motifs is 1. The monoisotopic (exact) mass is 517 g/mol. The Morgan fingerprint density at radius 2 is 2.00 bits per heavy atom. The van der Waals surface area contributed by atoms with Crippen molar-refractivity contribution < 1.29 is 14.3 Å². The summed E-state index contributed by atoms with van der Waals surface area (Å²) in [7, 11) is 1.68. The van der Waals surface area contributed by atoms with Crippen LogP contribution in [0.4, 0.5) is 0 Å². The third-order valence-corrected chi connectivity index (χ3v) is 8.06. The quantitative estimate of drug-likeness (QED) is 0.239. The molecule has 3 aliphatic rings. The summed E-state index contributed by atoms with van der Waals surface area (Å²) >= 11 is 0. The van der Waals surface area contributed by atoms with Crippen molar-refractivity contribution in [1.82, 2.24) is 10.2 Å². The SMILES string of the molecule is CC[C@@H]1CC(C(=O)NCc2ccc(C(=N)N)cc2)N2C(=O)[C@](N)(CC3=CCCCC3)C[C@H](OC)[C@H]12.Cl. The molecule has 0 radical (unpaired) electrons. The van der Waals surface area contributed by atoms with Crippen LogP contribution in [-0.4, -0.2) is 53.4 Å². The predicted octanol–water partition coefficient (Wildman–Crippen LogP) is 3.01. The Morgan fingerprint density at radius 1 is 1.28 bits per heavy atom. The molecule has 0 spiro atoms. The van der Waals surface area contributed by atoms with E-state index in [1.807, 2.05) is 12.1 Å². The van der Waals surface area contributed by atoms with Crippen LogP contribution < -0.4 is 16.8 Å². The molecular weight excluding hydrogens is 478 g/mol. The van der Waals surface area contributed by atoms with Gasteiger partial charge in [0.1, 0.15) is 17.4 Å². The van der Waals surface area contributed by atoms with Gasteiger partial charge in [0.15, 0.2) is 0 Å². The van der Waals surface area contributed by atoms with Gasteiger partial charge in [-0.1, -0.05) is 49.3 Å². The molecule has 2 heterocycles. The number of nitrogens with two attached hydrogens (primary N) is 2. The summed E-state index contributed by atoms with van der Waals surface area (Å²) in [6.45, 7) is 2.44. The van der Waals surface area contributed by atoms with Crippen molar-refractivity contribution in [3.63, 3.8) is 0 Å². The van der Waals surface area contributed by atoms with Gasteiger partial charge in [0.2, 0.25) is 11.8 Å². The van der Waals surface area contributed by atoms with Crippen molar-refractivity contribution >= 4 is 30.1 Å². The van der Waals surface area contributed by atoms with E-state index in [9.17, 15) is 9.59 Å². The van der Waals surface area contributed by atoms with Gasteiger partial charge in [-0.25, -0.2) is 0 Å². The van der Waals surface area contributed by atoms with Gasteiger partial charge >= 0.3 is 0 Å². The highest BCUT2D eigenvalue weighted by Crippen LogP contribution is 2.44. The maximum Gasteiger partial charge on any atom is 0.244 e. The smallest absolute Gasteiger partial charge is 0.244 e. The minimum atomic E-state index is -1.05. The molecule has 0 aromatic heterocycles. The van der Waals surface area contributed by atoms with Crippen LogP contribution in [0.3, 0.4) is 0 Å². The zero-order chi connectivity index (χ0) is 25.2. The van der Waals surface area contributed by atoms with Crippen LogP contribution in [0.1, 0.15) is 69.4 Å². The topological polar surface area (TPSA) is 135 Å². The second-order valence-corrected chi connectivity index (χ2v) is 10.4. The number of piperidine rings is 1. The Kier molecular flexibility index (Phi) is 9.19. The second-order valence-electron chi connectivity index (χ2n) is 10.4. The molecule has 6 N–H and O–H groups in total. The number of hydrogen-bond acceptors (Lipinski definition) is 5. The minimum absolute atomic E-state index is 0. The number of methoxy groups -OCH3 is 1. The molecular formula is C27H40ClN5O3. The zero-order valence-corrected chi connectivity index (χ0v) is 22.1. The number of carbonyl (C=O) groups excluding carboxylic acids is 2. The number of rotatable bonds is 8. The normalized spacial score (nSPS) is 29.7. The number of ether oxygens (including phenoxy) is 1. The highest BCUT2D eigenvalue weighted by molar-refractivity contribution is 5.95. The van der Waals surface area contributed by atoms with Crippen molar-refractivity contribution in [1.29, 1.82) is 5.41 Å². The highest BCUT2D eigenvalue weighted by atomic mass is 35.5. The van der Waals surface area contributed by atoms with E-state index in [4.69, 9.17) is 21.6 Å². The Bertz CT molecular complexity index is 998. The first-order chi connectivity index (χ1) is 16.8. The number of nitrogens with one attached hydrogen (secondary N) is 2. The molecule has 1 aromatic carbocycles. The van der Waals surface area contributed by atoms with Crippen molar-refractivity contribution in [2.45, 2.75) is 88.6 Å². The maximum atomic E-state index is 13.9. The molecule has 8 nitrogen and oxygen atoms in total. The van der Waals surface area contributed by atoms with E-state index in [0.29, 0.717) is 31.4 Å². The van der Waals surface area contributed by atoms with Crippen LogP contribution in [0.2, 0.25) is 0 Å². The molecule has 198 valence electrons. The van der Waals surface area contributed by atoms with Crippen molar-refractivity contribution in [2.75, 3.05) is 7.11 Å². The lowest BCUT2D eigenvalue weighted by Crippen LogP contribution is -2.68. The van der Waals surface area contributed by atoms with E-state index in [1.54, 1.807) is 24.1 Å². The lowest BCUT2D eigenvalue weighted by atomic mass is 9.76. The number of carbonyl (C=O) groups is 2. The first-order valence-electron chi connectivity index (χ1n) is 12.8. The molecule has 1 aromatic rings. The Balaban J connectivity index is 0.00000361. The first-order valence-corrected chi connectivity index (χ1v) is 12.8. The van der Waals surface area contributed by atoms with Crippen LogP contribution in [0.5, 0.6) is 0 Å². The van der Waals surface area contributed by atoms with E-state index in [2.05, 4.69) is 18.3 Å². The third-order valence-electron chi connectivity index (χ3n) is 8.06. The van der Waals surface area contributed by atoms with Gasteiger partial charge in [0.05, 0.1) is 12.1 Å². The number of amides is 2. The number of nitrogen functional groups attached to an aromatic ring is 1. The van der Waals surface area contributed by atoms with Crippen LogP contribution in [-0.2, 0) is 20.9 Å². The Labute approximate surface area is 220 Å². The molecule has 5 atom stereocenters. The van der Waals surface area contributed by atoms with Gasteiger partial charge in [-0.05, 0) is 50.0 Å². The second kappa shape index (κ2) is 11.8. The number of hydrogen-bond donors (Lipinski definition) is 4. The van der Waals surface area contributed by atoms with Crippen LogP contribution in [0, 0.1) is 11.3 Å². The fourth-order valence-electron chi connectivity index (χ4n) is 6.15. The van der Waals surface area contributed by atoms with E-state index in [0.717, 1.165) is 31.2 Å².